The van der Waals surface area contributed by atoms with Crippen molar-refractivity contribution in [3.05, 3.63) is 64.7 Å². The minimum Gasteiger partial charge on any atom is -0.316 e. The molecule has 146 valence electrons. The molecule has 4 rings (SSSR count). The van der Waals surface area contributed by atoms with Crippen LogP contribution in [0, 0.1) is 12.8 Å². The molecular formula is C22H22BrClN2O2. The normalized spacial score (nSPS) is 25.0. The molecular weight excluding hydrogens is 440 g/mol. The summed E-state index contributed by atoms with van der Waals surface area (Å²) in [6.45, 7) is 2.55. The Morgan fingerprint density at radius 1 is 1.04 bits per heavy atom. The molecule has 1 aliphatic carbocycles. The topological polar surface area (TPSA) is 40.6 Å². The summed E-state index contributed by atoms with van der Waals surface area (Å²) in [5.74, 6) is -0.307. The summed E-state index contributed by atoms with van der Waals surface area (Å²) < 4.78 is 0. The van der Waals surface area contributed by atoms with E-state index in [1.54, 1.807) is 24.3 Å². The number of nitrogens with zero attached hydrogens (tertiary/aromatic N) is 2. The third kappa shape index (κ3) is 3.70. The standard InChI is InChI=1S/C22H22BrClN2O2/c1-14-2-4-15(5-3-14)13-25-20-11-6-16(23)12-19(20)21(27)26(22(25)28)18-9-7-17(24)8-10-18/h2-5,7-10,16,19-20H,6,11-13H2,1H3. The Balaban J connectivity index is 1.70. The second kappa shape index (κ2) is 7.88. The molecule has 2 aromatic carbocycles. The van der Waals surface area contributed by atoms with Crippen molar-refractivity contribution in [2.24, 2.45) is 5.92 Å². The van der Waals surface area contributed by atoms with Crippen LogP contribution in [0.5, 0.6) is 0 Å². The lowest BCUT2D eigenvalue weighted by molar-refractivity contribution is -0.126. The van der Waals surface area contributed by atoms with Crippen molar-refractivity contribution in [3.63, 3.8) is 0 Å². The van der Waals surface area contributed by atoms with Crippen LogP contribution in [0.15, 0.2) is 48.5 Å². The molecule has 4 nitrogen and oxygen atoms in total. The van der Waals surface area contributed by atoms with Crippen molar-refractivity contribution in [2.75, 3.05) is 4.90 Å². The van der Waals surface area contributed by atoms with Crippen LogP contribution < -0.4 is 4.90 Å². The van der Waals surface area contributed by atoms with Gasteiger partial charge in [0.1, 0.15) is 0 Å². The van der Waals surface area contributed by atoms with Crippen LogP contribution >= 0.6 is 27.5 Å². The lowest BCUT2D eigenvalue weighted by Crippen LogP contribution is -2.63. The monoisotopic (exact) mass is 460 g/mol. The van der Waals surface area contributed by atoms with E-state index in [1.807, 2.05) is 11.8 Å². The smallest absolute Gasteiger partial charge is 0.316 e. The lowest BCUT2D eigenvalue weighted by Gasteiger charge is -2.47. The number of halogens is 2. The fourth-order valence-corrected chi connectivity index (χ4v) is 4.97. The molecule has 1 aliphatic heterocycles. The van der Waals surface area contributed by atoms with Crippen LogP contribution in [0.25, 0.3) is 0 Å². The lowest BCUT2D eigenvalue weighted by atomic mass is 9.80. The minimum atomic E-state index is -0.248. The quantitative estimate of drug-likeness (QED) is 0.562. The average Bonchev–Trinajstić information content (AvgIpc) is 2.68. The molecule has 0 spiro atoms. The van der Waals surface area contributed by atoms with Gasteiger partial charge in [-0.2, -0.15) is 0 Å². The largest absolute Gasteiger partial charge is 0.331 e. The van der Waals surface area contributed by atoms with Crippen LogP contribution in [0.1, 0.15) is 30.4 Å². The highest BCUT2D eigenvalue weighted by atomic mass is 79.9. The van der Waals surface area contributed by atoms with E-state index in [4.69, 9.17) is 11.6 Å². The van der Waals surface area contributed by atoms with Crippen LogP contribution in [-0.2, 0) is 11.3 Å². The maximum Gasteiger partial charge on any atom is 0.331 e. The first-order chi connectivity index (χ1) is 13.4. The summed E-state index contributed by atoms with van der Waals surface area (Å²) in [6, 6.07) is 14.8. The first-order valence-corrected chi connectivity index (χ1v) is 10.8. The van der Waals surface area contributed by atoms with Crippen molar-refractivity contribution >= 4 is 45.2 Å². The van der Waals surface area contributed by atoms with Gasteiger partial charge in [0.15, 0.2) is 0 Å². The Morgan fingerprint density at radius 2 is 1.71 bits per heavy atom. The van der Waals surface area contributed by atoms with E-state index in [-0.39, 0.29) is 23.9 Å². The SMILES string of the molecule is Cc1ccc(CN2C(=O)N(c3ccc(Cl)cc3)C(=O)C3CC(Br)CCC32)cc1. The molecule has 0 N–H and O–H groups in total. The van der Waals surface area contributed by atoms with Gasteiger partial charge < -0.3 is 4.90 Å². The first kappa shape index (κ1) is 19.5. The molecule has 0 bridgehead atoms. The van der Waals surface area contributed by atoms with E-state index in [0.29, 0.717) is 22.1 Å². The Morgan fingerprint density at radius 3 is 2.39 bits per heavy atom. The second-order valence-corrected chi connectivity index (χ2v) is 9.36. The van der Waals surface area contributed by atoms with E-state index in [9.17, 15) is 9.59 Å². The fraction of sp³-hybridized carbons (Fsp3) is 0.364. The number of rotatable bonds is 3. The second-order valence-electron chi connectivity index (χ2n) is 7.63. The van der Waals surface area contributed by atoms with E-state index in [0.717, 1.165) is 24.8 Å². The summed E-state index contributed by atoms with van der Waals surface area (Å²) in [6.07, 6.45) is 2.54. The highest BCUT2D eigenvalue weighted by Crippen LogP contribution is 2.39. The molecule has 1 saturated heterocycles. The zero-order valence-electron chi connectivity index (χ0n) is 15.6. The number of carbonyl (C=O) groups excluding carboxylic acids is 2. The molecule has 3 atom stereocenters. The van der Waals surface area contributed by atoms with Gasteiger partial charge in [0.2, 0.25) is 5.91 Å². The average molecular weight is 462 g/mol. The number of fused-ring (bicyclic) bond motifs is 1. The van der Waals surface area contributed by atoms with Crippen molar-refractivity contribution in [1.29, 1.82) is 0 Å². The number of alkyl halides is 1. The molecule has 2 fully saturated rings. The summed E-state index contributed by atoms with van der Waals surface area (Å²) >= 11 is 9.68. The number of hydrogen-bond acceptors (Lipinski definition) is 2. The number of imide groups is 1. The van der Waals surface area contributed by atoms with Gasteiger partial charge in [0.05, 0.1) is 11.6 Å². The summed E-state index contributed by atoms with van der Waals surface area (Å²) in [7, 11) is 0. The number of aryl methyl sites for hydroxylation is 1. The number of hydrogen-bond donors (Lipinski definition) is 0. The van der Waals surface area contributed by atoms with Crippen molar-refractivity contribution in [2.45, 2.75) is 43.6 Å². The Labute approximate surface area is 178 Å². The first-order valence-electron chi connectivity index (χ1n) is 9.54. The molecule has 1 heterocycles. The van der Waals surface area contributed by atoms with Gasteiger partial charge >= 0.3 is 6.03 Å². The maximum absolute atomic E-state index is 13.4. The molecule has 28 heavy (non-hydrogen) atoms. The van der Waals surface area contributed by atoms with E-state index < -0.39 is 0 Å². The van der Waals surface area contributed by atoms with Crippen molar-refractivity contribution in [3.8, 4) is 0 Å². The number of benzene rings is 2. The van der Waals surface area contributed by atoms with Gasteiger partial charge in [-0.1, -0.05) is 57.4 Å². The van der Waals surface area contributed by atoms with Crippen LogP contribution in [0.2, 0.25) is 5.02 Å². The van der Waals surface area contributed by atoms with Gasteiger partial charge in [-0.05, 0) is 56.0 Å². The van der Waals surface area contributed by atoms with Crippen molar-refractivity contribution < 1.29 is 9.59 Å². The van der Waals surface area contributed by atoms with Gasteiger partial charge in [0.25, 0.3) is 0 Å². The van der Waals surface area contributed by atoms with Gasteiger partial charge in [-0.25, -0.2) is 9.69 Å². The van der Waals surface area contributed by atoms with E-state index in [1.165, 1.54) is 10.5 Å². The van der Waals surface area contributed by atoms with Crippen molar-refractivity contribution in [1.82, 2.24) is 4.90 Å². The molecule has 3 amide bonds. The molecule has 0 radical (unpaired) electrons. The predicted octanol–water partition coefficient (Wildman–Crippen LogP) is 5.55. The Hall–Kier alpha value is -1.85. The Bertz CT molecular complexity index is 884. The van der Waals surface area contributed by atoms with E-state index >= 15 is 0 Å². The molecule has 2 aliphatic rings. The highest BCUT2D eigenvalue weighted by molar-refractivity contribution is 9.09. The molecule has 6 heteroatoms. The summed E-state index contributed by atoms with van der Waals surface area (Å²) in [5.41, 5.74) is 2.83. The fourth-order valence-electron chi connectivity index (χ4n) is 4.18. The Kier molecular flexibility index (Phi) is 5.48. The molecule has 0 aromatic heterocycles. The summed E-state index contributed by atoms with van der Waals surface area (Å²) in [4.78, 5) is 30.2. The number of carbonyl (C=O) groups is 2. The number of urea groups is 1. The number of anilines is 1. The third-order valence-corrected chi connectivity index (χ3v) is 6.77. The minimum absolute atomic E-state index is 0.0568. The zero-order valence-corrected chi connectivity index (χ0v) is 18.0. The van der Waals surface area contributed by atoms with Gasteiger partial charge in [0, 0.05) is 22.4 Å². The van der Waals surface area contributed by atoms with Crippen LogP contribution in [0.4, 0.5) is 10.5 Å². The molecule has 3 unspecified atom stereocenters. The third-order valence-electron chi connectivity index (χ3n) is 5.68. The van der Waals surface area contributed by atoms with Crippen LogP contribution in [0.3, 0.4) is 0 Å². The molecule has 2 aromatic rings. The number of amides is 3. The summed E-state index contributed by atoms with van der Waals surface area (Å²) in [5, 5.41) is 0.577. The van der Waals surface area contributed by atoms with Crippen LogP contribution in [-0.4, -0.2) is 27.7 Å². The maximum atomic E-state index is 13.4. The van der Waals surface area contributed by atoms with Gasteiger partial charge in [-0.3, -0.25) is 4.79 Å². The highest BCUT2D eigenvalue weighted by Gasteiger charge is 2.48. The predicted molar refractivity (Wildman–Crippen MR) is 115 cm³/mol. The molecule has 1 saturated carbocycles. The van der Waals surface area contributed by atoms with Gasteiger partial charge in [-0.15, -0.1) is 0 Å². The zero-order chi connectivity index (χ0) is 19.8. The van der Waals surface area contributed by atoms with E-state index in [2.05, 4.69) is 40.2 Å².